The van der Waals surface area contributed by atoms with Gasteiger partial charge in [-0.3, -0.25) is 14.9 Å². The first-order chi connectivity index (χ1) is 11.1. The van der Waals surface area contributed by atoms with E-state index in [1.807, 2.05) is 24.5 Å². The molecule has 0 saturated carbocycles. The minimum atomic E-state index is -0.930. The minimum Gasteiger partial charge on any atom is -0.386 e. The Balaban J connectivity index is 3.96. The standard InChI is InChI=1S/C18H30NO4/c1-2-3-4-5-9-12-15-18(21)17(19(22)23)14-11-8-6-7-10-13-16-20/h3-4,9,12,17-18,21H,2,5-8,10-11,13-15H2,1H3/b4-3-,12-9-. The molecule has 0 aliphatic carbocycles. The Labute approximate surface area is 139 Å². The number of allylic oxidation sites excluding steroid dienone is 3. The zero-order valence-corrected chi connectivity index (χ0v) is 14.2. The molecule has 0 aliphatic rings. The summed E-state index contributed by atoms with van der Waals surface area (Å²) in [5.41, 5.74) is 0. The Hall–Kier alpha value is -1.49. The minimum absolute atomic E-state index is 0.320. The monoisotopic (exact) mass is 324 g/mol. The van der Waals surface area contributed by atoms with E-state index < -0.39 is 12.1 Å². The molecule has 0 saturated heterocycles. The van der Waals surface area contributed by atoms with Crippen LogP contribution in [0.3, 0.4) is 0 Å². The molecule has 23 heavy (non-hydrogen) atoms. The van der Waals surface area contributed by atoms with Crippen molar-refractivity contribution in [1.82, 2.24) is 0 Å². The zero-order chi connectivity index (χ0) is 17.3. The Kier molecular flexibility index (Phi) is 14.4. The number of nitro groups is 1. The van der Waals surface area contributed by atoms with E-state index in [0.717, 1.165) is 44.9 Å². The van der Waals surface area contributed by atoms with Crippen molar-refractivity contribution in [2.75, 3.05) is 0 Å². The summed E-state index contributed by atoms with van der Waals surface area (Å²) in [4.78, 5) is 20.8. The predicted octanol–water partition coefficient (Wildman–Crippen LogP) is 4.14. The summed E-state index contributed by atoms with van der Waals surface area (Å²) in [6, 6.07) is -0.894. The molecule has 0 aromatic rings. The first-order valence-electron chi connectivity index (χ1n) is 8.60. The van der Waals surface area contributed by atoms with Crippen LogP contribution >= 0.6 is 0 Å². The molecule has 0 rings (SSSR count). The molecule has 0 bridgehead atoms. The average Bonchev–Trinajstić information content (AvgIpc) is 2.52. The lowest BCUT2D eigenvalue weighted by atomic mass is 10.00. The van der Waals surface area contributed by atoms with Gasteiger partial charge in [-0.2, -0.15) is 0 Å². The number of rotatable bonds is 15. The van der Waals surface area contributed by atoms with Gasteiger partial charge < -0.3 is 5.11 Å². The third kappa shape index (κ3) is 12.7. The molecule has 1 radical (unpaired) electrons. The predicted molar refractivity (Wildman–Crippen MR) is 92.6 cm³/mol. The Morgan fingerprint density at radius 1 is 1.09 bits per heavy atom. The van der Waals surface area contributed by atoms with E-state index in [0.29, 0.717) is 19.3 Å². The lowest BCUT2D eigenvalue weighted by molar-refractivity contribution is -0.535. The van der Waals surface area contributed by atoms with E-state index in [1.54, 1.807) is 0 Å². The topological polar surface area (TPSA) is 80.4 Å². The van der Waals surface area contributed by atoms with Gasteiger partial charge in [-0.1, -0.05) is 50.5 Å². The summed E-state index contributed by atoms with van der Waals surface area (Å²) in [5.74, 6) is 0. The molecule has 0 heterocycles. The Morgan fingerprint density at radius 3 is 2.39 bits per heavy atom. The molecule has 2 atom stereocenters. The fourth-order valence-corrected chi connectivity index (χ4v) is 2.35. The first-order valence-corrected chi connectivity index (χ1v) is 8.60. The van der Waals surface area contributed by atoms with E-state index in [1.165, 1.54) is 0 Å². The summed E-state index contributed by atoms with van der Waals surface area (Å²) in [7, 11) is 0. The van der Waals surface area contributed by atoms with Gasteiger partial charge in [0.15, 0.2) is 6.29 Å². The molecule has 131 valence electrons. The van der Waals surface area contributed by atoms with Gasteiger partial charge in [0.25, 0.3) is 0 Å². The lowest BCUT2D eigenvalue weighted by Gasteiger charge is -2.14. The van der Waals surface area contributed by atoms with Crippen LogP contribution in [0.2, 0.25) is 0 Å². The molecule has 0 fully saturated rings. The highest BCUT2D eigenvalue weighted by atomic mass is 16.6. The number of hydrogen-bond donors (Lipinski definition) is 1. The molecule has 1 N–H and O–H groups in total. The van der Waals surface area contributed by atoms with Gasteiger partial charge in [0.2, 0.25) is 6.04 Å². The van der Waals surface area contributed by atoms with E-state index in [2.05, 4.69) is 13.0 Å². The summed E-state index contributed by atoms with van der Waals surface area (Å²) in [6.45, 7) is 2.06. The molecule has 0 spiro atoms. The summed E-state index contributed by atoms with van der Waals surface area (Å²) < 4.78 is 0. The third-order valence-electron chi connectivity index (χ3n) is 3.71. The Morgan fingerprint density at radius 2 is 1.74 bits per heavy atom. The van der Waals surface area contributed by atoms with Crippen LogP contribution in [-0.2, 0) is 4.79 Å². The van der Waals surface area contributed by atoms with Gasteiger partial charge in [-0.15, -0.1) is 0 Å². The fourth-order valence-electron chi connectivity index (χ4n) is 2.35. The average molecular weight is 324 g/mol. The van der Waals surface area contributed by atoms with Crippen LogP contribution in [0.15, 0.2) is 24.3 Å². The van der Waals surface area contributed by atoms with Crippen molar-refractivity contribution in [3.8, 4) is 0 Å². The molecule has 0 aromatic heterocycles. The van der Waals surface area contributed by atoms with E-state index >= 15 is 0 Å². The largest absolute Gasteiger partial charge is 0.386 e. The van der Waals surface area contributed by atoms with Crippen molar-refractivity contribution in [1.29, 1.82) is 0 Å². The second-order valence-electron chi connectivity index (χ2n) is 5.69. The maximum Gasteiger partial charge on any atom is 0.238 e. The van der Waals surface area contributed by atoms with E-state index in [-0.39, 0.29) is 4.92 Å². The highest BCUT2D eigenvalue weighted by Gasteiger charge is 2.27. The van der Waals surface area contributed by atoms with Gasteiger partial charge in [-0.05, 0) is 32.1 Å². The maximum atomic E-state index is 11.1. The van der Waals surface area contributed by atoms with Crippen molar-refractivity contribution < 1.29 is 14.8 Å². The van der Waals surface area contributed by atoms with Crippen LogP contribution in [0.1, 0.15) is 71.1 Å². The summed E-state index contributed by atoms with van der Waals surface area (Å²) in [5, 5.41) is 21.1. The van der Waals surface area contributed by atoms with Crippen molar-refractivity contribution in [3.05, 3.63) is 34.4 Å². The molecule has 5 heteroatoms. The molecule has 0 aromatic carbocycles. The van der Waals surface area contributed by atoms with Crippen molar-refractivity contribution in [2.24, 2.45) is 0 Å². The quantitative estimate of drug-likeness (QED) is 0.212. The van der Waals surface area contributed by atoms with Crippen LogP contribution in [-0.4, -0.2) is 28.5 Å². The smallest absolute Gasteiger partial charge is 0.238 e. The van der Waals surface area contributed by atoms with Gasteiger partial charge in [0.1, 0.15) is 6.10 Å². The normalized spacial score (nSPS) is 14.3. The number of hydrogen-bond acceptors (Lipinski definition) is 4. The van der Waals surface area contributed by atoms with Gasteiger partial charge >= 0.3 is 0 Å². The van der Waals surface area contributed by atoms with Crippen LogP contribution in [0.25, 0.3) is 0 Å². The van der Waals surface area contributed by atoms with Crippen molar-refractivity contribution in [3.63, 3.8) is 0 Å². The second-order valence-corrected chi connectivity index (χ2v) is 5.69. The summed E-state index contributed by atoms with van der Waals surface area (Å²) in [6.07, 6.45) is 16.1. The van der Waals surface area contributed by atoms with Crippen LogP contribution < -0.4 is 0 Å². The highest BCUT2D eigenvalue weighted by molar-refractivity contribution is 5.50. The maximum absolute atomic E-state index is 11.1. The first kappa shape index (κ1) is 21.5. The van der Waals surface area contributed by atoms with Crippen LogP contribution in [0, 0.1) is 10.1 Å². The molecular weight excluding hydrogens is 294 g/mol. The highest BCUT2D eigenvalue weighted by Crippen LogP contribution is 2.14. The summed E-state index contributed by atoms with van der Waals surface area (Å²) >= 11 is 0. The van der Waals surface area contributed by atoms with Gasteiger partial charge in [0, 0.05) is 17.8 Å². The number of unbranched alkanes of at least 4 members (excludes halogenated alkanes) is 5. The van der Waals surface area contributed by atoms with E-state index in [4.69, 9.17) is 0 Å². The Bertz CT molecular complexity index is 366. The van der Waals surface area contributed by atoms with Gasteiger partial charge in [-0.25, -0.2) is 0 Å². The SMILES string of the molecule is CC/C=C\C/C=C\CC(O)C(CCCCCCC[C]=O)[N+](=O)[O-]. The third-order valence-corrected chi connectivity index (χ3v) is 3.71. The molecule has 2 unspecified atom stereocenters. The lowest BCUT2D eigenvalue weighted by Crippen LogP contribution is -2.33. The molecular formula is C18H30NO4. The van der Waals surface area contributed by atoms with Crippen molar-refractivity contribution >= 4 is 6.29 Å². The van der Waals surface area contributed by atoms with Crippen molar-refractivity contribution in [2.45, 2.75) is 83.3 Å². The molecule has 0 amide bonds. The number of aliphatic hydroxyl groups excluding tert-OH is 1. The van der Waals surface area contributed by atoms with Crippen LogP contribution in [0.4, 0.5) is 0 Å². The zero-order valence-electron chi connectivity index (χ0n) is 14.2. The fraction of sp³-hybridized carbons (Fsp3) is 0.722. The van der Waals surface area contributed by atoms with Gasteiger partial charge in [0.05, 0.1) is 0 Å². The number of carbonyl (C=O) groups excluding carboxylic acids is 1. The van der Waals surface area contributed by atoms with Crippen LogP contribution in [0.5, 0.6) is 0 Å². The molecule has 5 nitrogen and oxygen atoms in total. The molecule has 0 aliphatic heterocycles. The second kappa shape index (κ2) is 15.4. The van der Waals surface area contributed by atoms with E-state index in [9.17, 15) is 20.0 Å². The number of nitrogens with zero attached hydrogens (tertiary/aromatic N) is 1. The number of aliphatic hydroxyl groups is 1.